The Hall–Kier alpha value is -1.51. The summed E-state index contributed by atoms with van der Waals surface area (Å²) < 4.78 is 27.4. The molecule has 0 aliphatic carbocycles. The highest BCUT2D eigenvalue weighted by molar-refractivity contribution is 7.89. The molecule has 0 aromatic heterocycles. The van der Waals surface area contributed by atoms with E-state index >= 15 is 0 Å². The molecule has 0 radical (unpaired) electrons. The molecule has 0 bridgehead atoms. The Kier molecular flexibility index (Phi) is 4.60. The summed E-state index contributed by atoms with van der Waals surface area (Å²) in [4.78, 5) is 10.4. The molecule has 1 fully saturated rings. The third-order valence-corrected chi connectivity index (χ3v) is 5.28. The molecule has 8 heteroatoms. The summed E-state index contributed by atoms with van der Waals surface area (Å²) in [6, 6.07) is 2.48. The first-order chi connectivity index (χ1) is 9.81. The lowest BCUT2D eigenvalue weighted by atomic mass is 10.1. The smallest absolute Gasteiger partial charge is 0.273 e. The number of hydrogen-bond acceptors (Lipinski definition) is 5. The topological polar surface area (TPSA) is 101 Å². The van der Waals surface area contributed by atoms with Crippen molar-refractivity contribution in [1.29, 1.82) is 0 Å². The lowest BCUT2D eigenvalue weighted by Gasteiger charge is -2.23. The molecule has 1 saturated heterocycles. The Morgan fingerprint density at radius 1 is 1.29 bits per heavy atom. The molecule has 2 rings (SSSR count). The molecule has 0 spiro atoms. The van der Waals surface area contributed by atoms with E-state index in [0.29, 0.717) is 24.0 Å². The number of aryl methyl sites for hydroxylation is 1. The minimum absolute atomic E-state index is 0.0455. The molecular weight excluding hydrogens is 294 g/mol. The molecule has 0 atom stereocenters. The highest BCUT2D eigenvalue weighted by atomic mass is 32.2. The summed E-state index contributed by atoms with van der Waals surface area (Å²) in [7, 11) is -3.74. The molecule has 1 aliphatic heterocycles. The van der Waals surface area contributed by atoms with Gasteiger partial charge in [0.1, 0.15) is 0 Å². The third-order valence-electron chi connectivity index (χ3n) is 3.78. The lowest BCUT2D eigenvalue weighted by molar-refractivity contribution is -0.385. The number of hydrogen-bond donors (Lipinski definition) is 2. The molecule has 0 saturated carbocycles. The second-order valence-corrected chi connectivity index (χ2v) is 7.00. The van der Waals surface area contributed by atoms with Crippen LogP contribution < -0.4 is 10.0 Å². The highest BCUT2D eigenvalue weighted by Crippen LogP contribution is 2.26. The first kappa shape index (κ1) is 15.9. The largest absolute Gasteiger partial charge is 0.317 e. The van der Waals surface area contributed by atoms with Crippen LogP contribution in [0.2, 0.25) is 0 Å². The van der Waals surface area contributed by atoms with Gasteiger partial charge in [0, 0.05) is 17.7 Å². The fraction of sp³-hybridized carbons (Fsp3) is 0.538. The van der Waals surface area contributed by atoms with Crippen LogP contribution in [0.15, 0.2) is 17.0 Å². The number of piperidine rings is 1. The van der Waals surface area contributed by atoms with Crippen molar-refractivity contribution < 1.29 is 13.3 Å². The van der Waals surface area contributed by atoms with Crippen molar-refractivity contribution in [1.82, 2.24) is 10.0 Å². The minimum atomic E-state index is -3.74. The van der Waals surface area contributed by atoms with E-state index in [2.05, 4.69) is 10.0 Å². The maximum atomic E-state index is 12.4. The fourth-order valence-electron chi connectivity index (χ4n) is 2.38. The van der Waals surface area contributed by atoms with Crippen LogP contribution in [0.25, 0.3) is 0 Å². The van der Waals surface area contributed by atoms with Gasteiger partial charge in [-0.2, -0.15) is 0 Å². The molecule has 1 aliphatic rings. The molecule has 2 N–H and O–H groups in total. The van der Waals surface area contributed by atoms with E-state index < -0.39 is 14.9 Å². The number of nitrogens with zero attached hydrogens (tertiary/aromatic N) is 1. The van der Waals surface area contributed by atoms with Crippen molar-refractivity contribution in [3.63, 3.8) is 0 Å². The second kappa shape index (κ2) is 6.08. The molecular formula is C13H19N3O4S. The zero-order valence-electron chi connectivity index (χ0n) is 12.0. The van der Waals surface area contributed by atoms with E-state index in [1.54, 1.807) is 13.8 Å². The van der Waals surface area contributed by atoms with E-state index in [0.717, 1.165) is 19.2 Å². The van der Waals surface area contributed by atoms with Crippen LogP contribution in [0, 0.1) is 24.0 Å². The Labute approximate surface area is 123 Å². The molecule has 7 nitrogen and oxygen atoms in total. The minimum Gasteiger partial charge on any atom is -0.317 e. The monoisotopic (exact) mass is 313 g/mol. The van der Waals surface area contributed by atoms with Crippen LogP contribution in [-0.4, -0.2) is 32.5 Å². The van der Waals surface area contributed by atoms with Gasteiger partial charge in [-0.3, -0.25) is 10.1 Å². The quantitative estimate of drug-likeness (QED) is 0.643. The van der Waals surface area contributed by atoms with Gasteiger partial charge in [-0.1, -0.05) is 0 Å². The van der Waals surface area contributed by atoms with E-state index in [1.165, 1.54) is 6.07 Å². The second-order valence-electron chi connectivity index (χ2n) is 5.29. The van der Waals surface area contributed by atoms with Crippen LogP contribution in [0.4, 0.5) is 5.69 Å². The van der Waals surface area contributed by atoms with Crippen molar-refractivity contribution in [2.24, 2.45) is 0 Å². The fourth-order valence-corrected chi connectivity index (χ4v) is 3.79. The van der Waals surface area contributed by atoms with E-state index in [-0.39, 0.29) is 16.6 Å². The predicted octanol–water partition coefficient (Wildman–Crippen LogP) is 1.24. The van der Waals surface area contributed by atoms with E-state index in [4.69, 9.17) is 0 Å². The highest BCUT2D eigenvalue weighted by Gasteiger charge is 2.25. The summed E-state index contributed by atoms with van der Waals surface area (Å²) in [5.74, 6) is 0. The van der Waals surface area contributed by atoms with Crippen LogP contribution in [0.5, 0.6) is 0 Å². The van der Waals surface area contributed by atoms with Gasteiger partial charge in [0.05, 0.1) is 9.82 Å². The van der Waals surface area contributed by atoms with Crippen LogP contribution in [-0.2, 0) is 10.0 Å². The number of nitro groups is 1. The van der Waals surface area contributed by atoms with Crippen molar-refractivity contribution in [2.75, 3.05) is 13.1 Å². The Morgan fingerprint density at radius 2 is 1.90 bits per heavy atom. The normalized spacial score (nSPS) is 16.9. The summed E-state index contributed by atoms with van der Waals surface area (Å²) in [6.45, 7) is 4.82. The van der Waals surface area contributed by atoms with Gasteiger partial charge in [-0.05, 0) is 51.4 Å². The molecule has 1 heterocycles. The summed E-state index contributed by atoms with van der Waals surface area (Å²) in [5, 5.41) is 14.2. The number of rotatable bonds is 4. The van der Waals surface area contributed by atoms with Crippen LogP contribution >= 0.6 is 0 Å². The van der Waals surface area contributed by atoms with Gasteiger partial charge in [0.15, 0.2) is 0 Å². The summed E-state index contributed by atoms with van der Waals surface area (Å²) >= 11 is 0. The van der Waals surface area contributed by atoms with E-state index in [9.17, 15) is 18.5 Å². The molecule has 0 unspecified atom stereocenters. The first-order valence-corrected chi connectivity index (χ1v) is 8.28. The molecule has 0 amide bonds. The van der Waals surface area contributed by atoms with Gasteiger partial charge < -0.3 is 5.32 Å². The zero-order chi connectivity index (χ0) is 15.6. The molecule has 21 heavy (non-hydrogen) atoms. The van der Waals surface area contributed by atoms with Gasteiger partial charge in [-0.15, -0.1) is 0 Å². The zero-order valence-corrected chi connectivity index (χ0v) is 12.9. The number of sulfonamides is 1. The molecule has 116 valence electrons. The average Bonchev–Trinajstić information content (AvgIpc) is 2.41. The lowest BCUT2D eigenvalue weighted by Crippen LogP contribution is -2.42. The van der Waals surface area contributed by atoms with Gasteiger partial charge >= 0.3 is 0 Å². The summed E-state index contributed by atoms with van der Waals surface area (Å²) in [5.41, 5.74) is 0.913. The average molecular weight is 313 g/mol. The Balaban J connectivity index is 2.33. The maximum Gasteiger partial charge on any atom is 0.273 e. The number of benzene rings is 1. The van der Waals surface area contributed by atoms with Gasteiger partial charge in [0.25, 0.3) is 5.69 Å². The maximum absolute atomic E-state index is 12.4. The van der Waals surface area contributed by atoms with Crippen LogP contribution in [0.1, 0.15) is 24.0 Å². The van der Waals surface area contributed by atoms with Crippen molar-refractivity contribution in [3.8, 4) is 0 Å². The van der Waals surface area contributed by atoms with Gasteiger partial charge in [-0.25, -0.2) is 13.1 Å². The Morgan fingerprint density at radius 3 is 2.48 bits per heavy atom. The third kappa shape index (κ3) is 3.58. The van der Waals surface area contributed by atoms with Gasteiger partial charge in [0.2, 0.25) is 10.0 Å². The van der Waals surface area contributed by atoms with Crippen molar-refractivity contribution in [2.45, 2.75) is 37.6 Å². The molecule has 1 aromatic rings. The van der Waals surface area contributed by atoms with Crippen molar-refractivity contribution in [3.05, 3.63) is 33.4 Å². The standard InChI is InChI=1S/C13H19N3O4S/c1-9-7-12(8-13(10(9)2)16(17)18)21(19,20)15-11-3-5-14-6-4-11/h7-8,11,14-15H,3-6H2,1-2H3. The van der Waals surface area contributed by atoms with E-state index in [1.807, 2.05) is 0 Å². The molecule has 1 aromatic carbocycles. The van der Waals surface area contributed by atoms with Crippen molar-refractivity contribution >= 4 is 15.7 Å². The van der Waals surface area contributed by atoms with Crippen LogP contribution in [0.3, 0.4) is 0 Å². The predicted molar refractivity (Wildman–Crippen MR) is 78.8 cm³/mol. The Bertz CT molecular complexity index is 652. The number of nitro benzene ring substituents is 1. The number of nitrogens with one attached hydrogen (secondary N) is 2. The first-order valence-electron chi connectivity index (χ1n) is 6.80. The summed E-state index contributed by atoms with van der Waals surface area (Å²) in [6.07, 6.45) is 1.43. The SMILES string of the molecule is Cc1cc(S(=O)(=O)NC2CCNCC2)cc([N+](=O)[O-])c1C.